The van der Waals surface area contributed by atoms with E-state index in [-0.39, 0.29) is 17.9 Å². The number of hydrogen-bond donors (Lipinski definition) is 2. The van der Waals surface area contributed by atoms with Crippen LogP contribution in [0.5, 0.6) is 5.75 Å². The van der Waals surface area contributed by atoms with Crippen LogP contribution in [0.15, 0.2) is 54.6 Å². The van der Waals surface area contributed by atoms with Gasteiger partial charge in [0.15, 0.2) is 0 Å². The fraction of sp³-hybridized carbons (Fsp3) is 0.333. The number of likely N-dealkylation sites (tertiary alicyclic amines) is 1. The molecule has 0 radical (unpaired) electrons. The van der Waals surface area contributed by atoms with Crippen LogP contribution in [0.3, 0.4) is 0 Å². The molecule has 0 saturated carbocycles. The zero-order valence-electron chi connectivity index (χ0n) is 15.5. The lowest BCUT2D eigenvalue weighted by atomic mass is 10.1. The molecule has 3 amide bonds. The molecular weight excluding hydrogens is 342 g/mol. The Morgan fingerprint density at radius 1 is 1.07 bits per heavy atom. The molecule has 1 saturated heterocycles. The molecule has 1 unspecified atom stereocenters. The van der Waals surface area contributed by atoms with Crippen LogP contribution in [-0.4, -0.2) is 37.0 Å². The van der Waals surface area contributed by atoms with Gasteiger partial charge < -0.3 is 20.3 Å². The molecule has 2 N–H and O–H groups in total. The number of amides is 3. The lowest BCUT2D eigenvalue weighted by Gasteiger charge is -2.17. The van der Waals surface area contributed by atoms with Crippen LogP contribution in [0, 0.1) is 5.92 Å². The standard InChI is InChI=1S/C21H25N3O3/c1-27-19-9-7-16(8-10-19)12-22-21(26)23-13-18-11-20(25)24(15-18)14-17-5-3-2-4-6-17/h2-10,18H,11-15H2,1H3,(H2,22,23,26). The fourth-order valence-electron chi connectivity index (χ4n) is 3.17. The molecular formula is C21H25N3O3. The molecule has 2 aromatic carbocycles. The van der Waals surface area contributed by atoms with Crippen molar-refractivity contribution in [1.82, 2.24) is 15.5 Å². The Bertz CT molecular complexity index is 762. The van der Waals surface area contributed by atoms with Gasteiger partial charge >= 0.3 is 6.03 Å². The minimum atomic E-state index is -0.222. The summed E-state index contributed by atoms with van der Waals surface area (Å²) in [6.07, 6.45) is 0.478. The van der Waals surface area contributed by atoms with Crippen molar-refractivity contribution >= 4 is 11.9 Å². The molecule has 6 nitrogen and oxygen atoms in total. The molecule has 1 fully saturated rings. The molecule has 1 aliphatic heterocycles. The third-order valence-electron chi connectivity index (χ3n) is 4.67. The maximum absolute atomic E-state index is 12.2. The average molecular weight is 367 g/mol. The lowest BCUT2D eigenvalue weighted by molar-refractivity contribution is -0.128. The number of nitrogens with one attached hydrogen (secondary N) is 2. The molecule has 0 aromatic heterocycles. The summed E-state index contributed by atoms with van der Waals surface area (Å²) in [5.41, 5.74) is 2.12. The van der Waals surface area contributed by atoms with Crippen LogP contribution < -0.4 is 15.4 Å². The van der Waals surface area contributed by atoms with Crippen molar-refractivity contribution in [3.05, 3.63) is 65.7 Å². The molecule has 1 atom stereocenters. The van der Waals surface area contributed by atoms with Crippen molar-refractivity contribution in [3.8, 4) is 5.75 Å². The van der Waals surface area contributed by atoms with Crippen LogP contribution in [0.25, 0.3) is 0 Å². The first kappa shape index (κ1) is 18.8. The van der Waals surface area contributed by atoms with Crippen molar-refractivity contribution < 1.29 is 14.3 Å². The summed E-state index contributed by atoms with van der Waals surface area (Å²) in [5, 5.41) is 5.70. The quantitative estimate of drug-likeness (QED) is 0.790. The molecule has 2 aromatic rings. The Morgan fingerprint density at radius 2 is 1.81 bits per heavy atom. The number of ether oxygens (including phenoxy) is 1. The first-order chi connectivity index (χ1) is 13.1. The average Bonchev–Trinajstić information content (AvgIpc) is 3.05. The minimum Gasteiger partial charge on any atom is -0.497 e. The molecule has 3 rings (SSSR count). The predicted octanol–water partition coefficient (Wildman–Crippen LogP) is 2.54. The number of nitrogens with zero attached hydrogens (tertiary/aromatic N) is 1. The number of methoxy groups -OCH3 is 1. The summed E-state index contributed by atoms with van der Waals surface area (Å²) in [7, 11) is 1.62. The number of rotatable bonds is 7. The van der Waals surface area contributed by atoms with Crippen molar-refractivity contribution in [2.75, 3.05) is 20.2 Å². The van der Waals surface area contributed by atoms with Crippen molar-refractivity contribution in [3.63, 3.8) is 0 Å². The molecule has 1 heterocycles. The van der Waals surface area contributed by atoms with Gasteiger partial charge in [-0.15, -0.1) is 0 Å². The molecule has 6 heteroatoms. The van der Waals surface area contributed by atoms with E-state index in [9.17, 15) is 9.59 Å². The summed E-state index contributed by atoms with van der Waals surface area (Å²) < 4.78 is 5.11. The van der Waals surface area contributed by atoms with Crippen LogP contribution in [0.4, 0.5) is 4.79 Å². The van der Waals surface area contributed by atoms with Gasteiger partial charge in [0.25, 0.3) is 0 Å². The number of urea groups is 1. The van der Waals surface area contributed by atoms with E-state index >= 15 is 0 Å². The molecule has 0 aliphatic carbocycles. The van der Waals surface area contributed by atoms with E-state index in [1.54, 1.807) is 7.11 Å². The van der Waals surface area contributed by atoms with Crippen LogP contribution in [0.1, 0.15) is 17.5 Å². The first-order valence-corrected chi connectivity index (χ1v) is 9.10. The Hall–Kier alpha value is -3.02. The van der Waals surface area contributed by atoms with Crippen molar-refractivity contribution in [2.45, 2.75) is 19.5 Å². The van der Waals surface area contributed by atoms with E-state index in [1.165, 1.54) is 0 Å². The SMILES string of the molecule is COc1ccc(CNC(=O)NCC2CC(=O)N(Cc3ccccc3)C2)cc1. The number of carbonyl (C=O) groups is 2. The Labute approximate surface area is 159 Å². The van der Waals surface area contributed by atoms with E-state index in [4.69, 9.17) is 4.74 Å². The third kappa shape index (κ3) is 5.48. The highest BCUT2D eigenvalue weighted by atomic mass is 16.5. The predicted molar refractivity (Wildman–Crippen MR) is 103 cm³/mol. The summed E-state index contributed by atoms with van der Waals surface area (Å²) in [4.78, 5) is 26.0. The highest BCUT2D eigenvalue weighted by Gasteiger charge is 2.29. The summed E-state index contributed by atoms with van der Waals surface area (Å²) in [6, 6.07) is 17.3. The Kier molecular flexibility index (Phi) is 6.30. The molecule has 0 bridgehead atoms. The van der Waals surface area contributed by atoms with E-state index in [2.05, 4.69) is 10.6 Å². The zero-order valence-corrected chi connectivity index (χ0v) is 15.5. The van der Waals surface area contributed by atoms with E-state index in [0.29, 0.717) is 32.6 Å². The van der Waals surface area contributed by atoms with Crippen LogP contribution in [0.2, 0.25) is 0 Å². The van der Waals surface area contributed by atoms with Crippen molar-refractivity contribution in [1.29, 1.82) is 0 Å². The van der Waals surface area contributed by atoms with E-state index in [1.807, 2.05) is 59.5 Å². The number of benzene rings is 2. The highest BCUT2D eigenvalue weighted by Crippen LogP contribution is 2.19. The second kappa shape index (κ2) is 9.07. The van der Waals surface area contributed by atoms with Gasteiger partial charge in [-0.25, -0.2) is 4.79 Å². The van der Waals surface area contributed by atoms with Gasteiger partial charge in [0.1, 0.15) is 5.75 Å². The summed E-state index contributed by atoms with van der Waals surface area (Å²) in [6.45, 7) is 2.23. The second-order valence-electron chi connectivity index (χ2n) is 6.74. The van der Waals surface area contributed by atoms with Gasteiger partial charge in [-0.1, -0.05) is 42.5 Å². The minimum absolute atomic E-state index is 0.143. The molecule has 27 heavy (non-hydrogen) atoms. The van der Waals surface area contributed by atoms with Crippen LogP contribution >= 0.6 is 0 Å². The fourth-order valence-corrected chi connectivity index (χ4v) is 3.17. The maximum atomic E-state index is 12.2. The second-order valence-corrected chi connectivity index (χ2v) is 6.74. The largest absolute Gasteiger partial charge is 0.497 e. The lowest BCUT2D eigenvalue weighted by Crippen LogP contribution is -2.38. The van der Waals surface area contributed by atoms with E-state index < -0.39 is 0 Å². The third-order valence-corrected chi connectivity index (χ3v) is 4.67. The zero-order chi connectivity index (χ0) is 19.1. The summed E-state index contributed by atoms with van der Waals surface area (Å²) >= 11 is 0. The maximum Gasteiger partial charge on any atom is 0.315 e. The monoisotopic (exact) mass is 367 g/mol. The Morgan fingerprint density at radius 3 is 2.52 bits per heavy atom. The molecule has 1 aliphatic rings. The highest BCUT2D eigenvalue weighted by molar-refractivity contribution is 5.79. The first-order valence-electron chi connectivity index (χ1n) is 9.10. The smallest absolute Gasteiger partial charge is 0.315 e. The summed E-state index contributed by atoms with van der Waals surface area (Å²) in [5.74, 6) is 1.08. The van der Waals surface area contributed by atoms with Gasteiger partial charge in [0, 0.05) is 38.5 Å². The van der Waals surface area contributed by atoms with Gasteiger partial charge in [0.05, 0.1) is 7.11 Å². The van der Waals surface area contributed by atoms with Gasteiger partial charge in [-0.05, 0) is 23.3 Å². The van der Waals surface area contributed by atoms with Gasteiger partial charge in [-0.3, -0.25) is 4.79 Å². The van der Waals surface area contributed by atoms with E-state index in [0.717, 1.165) is 16.9 Å². The number of carbonyl (C=O) groups excluding carboxylic acids is 2. The van der Waals surface area contributed by atoms with Gasteiger partial charge in [-0.2, -0.15) is 0 Å². The van der Waals surface area contributed by atoms with Crippen molar-refractivity contribution in [2.24, 2.45) is 5.92 Å². The topological polar surface area (TPSA) is 70.7 Å². The molecule has 0 spiro atoms. The van der Waals surface area contributed by atoms with Gasteiger partial charge in [0.2, 0.25) is 5.91 Å². The Balaban J connectivity index is 1.39. The normalized spacial score (nSPS) is 16.3. The number of hydrogen-bond acceptors (Lipinski definition) is 3. The van der Waals surface area contributed by atoms with Crippen LogP contribution in [-0.2, 0) is 17.9 Å². The molecule has 142 valence electrons.